The van der Waals surface area contributed by atoms with Gasteiger partial charge in [-0.2, -0.15) is 5.53 Å². The number of nitrogens with zero attached hydrogens (tertiary/aromatic N) is 3. The van der Waals surface area contributed by atoms with Gasteiger partial charge < -0.3 is 9.64 Å². The summed E-state index contributed by atoms with van der Waals surface area (Å²) in [5, 5.41) is 5.06. The summed E-state index contributed by atoms with van der Waals surface area (Å²) in [5.41, 5.74) is 7.68. The molecular formula is C22H35N4OS+. The largest absolute Gasteiger partial charge is 0.491 e. The monoisotopic (exact) mass is 403 g/mol. The standard InChI is InChI=1S/C22H34N4OS/c1-16(15-22(2,3)4)9-12-27-19-13-18-20(14-17(19)25-23)28-21(24-18)26-10-7-5-6-8-11-26/h13-14,16,23H,5-12,15H2,1-4H3/p+1. The lowest BCUT2D eigenvalue weighted by Crippen LogP contribution is -2.23. The second kappa shape index (κ2) is 9.21. The molecule has 1 atom stereocenters. The van der Waals surface area contributed by atoms with E-state index in [-0.39, 0.29) is 0 Å². The Bertz CT molecular complexity index is 788. The molecule has 5 nitrogen and oxygen atoms in total. The Balaban J connectivity index is 1.70. The first-order valence-electron chi connectivity index (χ1n) is 10.6. The van der Waals surface area contributed by atoms with Crippen LogP contribution in [0.1, 0.15) is 66.2 Å². The lowest BCUT2D eigenvalue weighted by atomic mass is 9.84. The molecule has 3 rings (SSSR count). The number of fused-ring (bicyclic) bond motifs is 1. The van der Waals surface area contributed by atoms with Gasteiger partial charge in [-0.25, -0.2) is 4.98 Å². The van der Waals surface area contributed by atoms with Crippen molar-refractivity contribution in [3.63, 3.8) is 0 Å². The van der Waals surface area contributed by atoms with Crippen LogP contribution < -0.4 is 15.2 Å². The number of hydrogen-bond donors (Lipinski definition) is 1. The van der Waals surface area contributed by atoms with E-state index in [1.54, 1.807) is 11.3 Å². The van der Waals surface area contributed by atoms with E-state index in [9.17, 15) is 0 Å². The Kier molecular flexibility index (Phi) is 6.91. The zero-order valence-corrected chi connectivity index (χ0v) is 18.6. The summed E-state index contributed by atoms with van der Waals surface area (Å²) in [6.45, 7) is 12.0. The molecule has 1 unspecified atom stereocenters. The third-order valence-electron chi connectivity index (χ3n) is 5.30. The summed E-state index contributed by atoms with van der Waals surface area (Å²) >= 11 is 1.73. The minimum Gasteiger partial charge on any atom is -0.491 e. The molecule has 1 aromatic heterocycles. The number of rotatable bonds is 7. The summed E-state index contributed by atoms with van der Waals surface area (Å²) in [6.07, 6.45) is 7.36. The Morgan fingerprint density at radius 2 is 1.93 bits per heavy atom. The van der Waals surface area contributed by atoms with E-state index in [0.29, 0.717) is 23.6 Å². The van der Waals surface area contributed by atoms with Crippen molar-refractivity contribution < 1.29 is 10.3 Å². The summed E-state index contributed by atoms with van der Waals surface area (Å²) in [4.78, 5) is 7.31. The highest BCUT2D eigenvalue weighted by molar-refractivity contribution is 7.22. The van der Waals surface area contributed by atoms with Crippen molar-refractivity contribution >= 4 is 32.4 Å². The fourth-order valence-electron chi connectivity index (χ4n) is 4.06. The highest BCUT2D eigenvalue weighted by Gasteiger charge is 2.18. The molecule has 28 heavy (non-hydrogen) atoms. The highest BCUT2D eigenvalue weighted by atomic mass is 32.1. The zero-order valence-electron chi connectivity index (χ0n) is 17.8. The van der Waals surface area contributed by atoms with Gasteiger partial charge in [0.15, 0.2) is 16.6 Å². The predicted molar refractivity (Wildman–Crippen MR) is 118 cm³/mol. The van der Waals surface area contributed by atoms with Crippen molar-refractivity contribution in [3.05, 3.63) is 12.1 Å². The van der Waals surface area contributed by atoms with Gasteiger partial charge in [0.2, 0.25) is 0 Å². The van der Waals surface area contributed by atoms with E-state index >= 15 is 0 Å². The smallest absolute Gasteiger partial charge is 0.186 e. The molecule has 1 aliphatic heterocycles. The van der Waals surface area contributed by atoms with E-state index in [4.69, 9.17) is 15.3 Å². The average Bonchev–Trinajstić information content (AvgIpc) is 2.84. The molecule has 0 bridgehead atoms. The van der Waals surface area contributed by atoms with Gasteiger partial charge in [-0.1, -0.05) is 51.9 Å². The Hall–Kier alpha value is -1.69. The first kappa shape index (κ1) is 21.0. The predicted octanol–water partition coefficient (Wildman–Crippen LogP) is 5.36. The van der Waals surface area contributed by atoms with Crippen LogP contribution in [-0.4, -0.2) is 24.7 Å². The van der Waals surface area contributed by atoms with Gasteiger partial charge >= 0.3 is 0 Å². The molecule has 154 valence electrons. The van der Waals surface area contributed by atoms with Crippen LogP contribution in [-0.2, 0) is 0 Å². The van der Waals surface area contributed by atoms with Crippen LogP contribution in [0.15, 0.2) is 17.2 Å². The molecule has 1 saturated heterocycles. The number of ether oxygens (including phenoxy) is 1. The number of hydrogen-bond acceptors (Lipinski definition) is 5. The van der Waals surface area contributed by atoms with E-state index in [1.807, 2.05) is 12.1 Å². The number of benzene rings is 1. The third-order valence-corrected chi connectivity index (χ3v) is 6.38. The number of anilines is 1. The fourth-order valence-corrected chi connectivity index (χ4v) is 5.10. The van der Waals surface area contributed by atoms with E-state index in [1.165, 1.54) is 32.1 Å². The SMILES string of the molecule is CC(CCOc1cc2nc(N3CCCCCC3)sc2cc1N=[NH2+])CC(C)(C)C. The van der Waals surface area contributed by atoms with Gasteiger partial charge in [0, 0.05) is 19.2 Å². The topological polar surface area (TPSA) is 63.3 Å². The van der Waals surface area contributed by atoms with Crippen molar-refractivity contribution in [1.82, 2.24) is 4.98 Å². The van der Waals surface area contributed by atoms with Crippen LogP contribution in [0.4, 0.5) is 10.8 Å². The Morgan fingerprint density at radius 1 is 1.21 bits per heavy atom. The molecule has 1 fully saturated rings. The van der Waals surface area contributed by atoms with Crippen LogP contribution in [0.2, 0.25) is 0 Å². The lowest BCUT2D eigenvalue weighted by Gasteiger charge is -2.23. The summed E-state index contributed by atoms with van der Waals surface area (Å²) in [6, 6.07) is 4.02. The van der Waals surface area contributed by atoms with Gasteiger partial charge in [0.05, 0.1) is 16.8 Å². The van der Waals surface area contributed by atoms with E-state index in [0.717, 1.165) is 40.6 Å². The molecule has 0 amide bonds. The molecule has 0 spiro atoms. The highest BCUT2D eigenvalue weighted by Crippen LogP contribution is 2.38. The quantitative estimate of drug-likeness (QED) is 0.633. The molecule has 0 radical (unpaired) electrons. The van der Waals surface area contributed by atoms with Crippen molar-refractivity contribution in [2.24, 2.45) is 16.4 Å². The van der Waals surface area contributed by atoms with Crippen molar-refractivity contribution in [1.29, 1.82) is 0 Å². The average molecular weight is 404 g/mol. The van der Waals surface area contributed by atoms with Crippen LogP contribution in [0.5, 0.6) is 5.75 Å². The van der Waals surface area contributed by atoms with Crippen molar-refractivity contribution in [2.75, 3.05) is 24.6 Å². The first-order chi connectivity index (χ1) is 13.4. The fraction of sp³-hybridized carbons (Fsp3) is 0.682. The molecule has 0 aliphatic carbocycles. The van der Waals surface area contributed by atoms with Gasteiger partial charge in [-0.15, -0.1) is 0 Å². The molecule has 2 heterocycles. The number of thiazole rings is 1. The number of nitrogens with two attached hydrogens (primary N) is 1. The van der Waals surface area contributed by atoms with Gasteiger partial charge in [-0.05, 0) is 48.2 Å². The summed E-state index contributed by atoms with van der Waals surface area (Å²) < 4.78 is 7.20. The maximum absolute atomic E-state index is 6.07. The third kappa shape index (κ3) is 5.66. The molecular weight excluding hydrogens is 368 g/mol. The molecule has 2 N–H and O–H groups in total. The molecule has 6 heteroatoms. The maximum atomic E-state index is 6.07. The van der Waals surface area contributed by atoms with Gasteiger partial charge in [0.1, 0.15) is 0 Å². The Morgan fingerprint density at radius 3 is 2.57 bits per heavy atom. The Labute approximate surface area is 173 Å². The van der Waals surface area contributed by atoms with Gasteiger partial charge in [0.25, 0.3) is 0 Å². The minimum atomic E-state index is 0.348. The van der Waals surface area contributed by atoms with Crippen LogP contribution in [0.25, 0.3) is 10.2 Å². The minimum absolute atomic E-state index is 0.348. The normalized spacial score (nSPS) is 16.8. The summed E-state index contributed by atoms with van der Waals surface area (Å²) in [5.74, 6) is 1.36. The van der Waals surface area contributed by atoms with E-state index in [2.05, 4.69) is 37.7 Å². The van der Waals surface area contributed by atoms with Crippen molar-refractivity contribution in [3.8, 4) is 5.75 Å². The van der Waals surface area contributed by atoms with Crippen LogP contribution in [0, 0.1) is 11.3 Å². The number of aromatic nitrogens is 1. The molecule has 1 aromatic carbocycles. The second-order valence-electron chi connectivity index (χ2n) is 9.32. The molecule has 1 aliphatic rings. The van der Waals surface area contributed by atoms with E-state index < -0.39 is 0 Å². The van der Waals surface area contributed by atoms with Gasteiger partial charge in [-0.3, -0.25) is 0 Å². The molecule has 0 saturated carbocycles. The van der Waals surface area contributed by atoms with Crippen LogP contribution >= 0.6 is 11.3 Å². The first-order valence-corrected chi connectivity index (χ1v) is 11.4. The lowest BCUT2D eigenvalue weighted by molar-refractivity contribution is -0.210. The maximum Gasteiger partial charge on any atom is 0.186 e. The van der Waals surface area contributed by atoms with Crippen LogP contribution in [0.3, 0.4) is 0 Å². The summed E-state index contributed by atoms with van der Waals surface area (Å²) in [7, 11) is 0. The zero-order chi connectivity index (χ0) is 20.1. The molecule has 2 aromatic rings. The second-order valence-corrected chi connectivity index (χ2v) is 10.3. The van der Waals surface area contributed by atoms with Crippen molar-refractivity contribution in [2.45, 2.75) is 66.2 Å².